The van der Waals surface area contributed by atoms with Gasteiger partial charge in [0.05, 0.1) is 11.2 Å². The Balaban J connectivity index is 1.69. The molecular formula is C17H23N3. The SMILES string of the molecule is CCN1CCCN(Cc2ccc3ccccc3n2)CC1. The minimum atomic E-state index is 0.975. The minimum absolute atomic E-state index is 0.975. The number of nitrogens with zero attached hydrogens (tertiary/aromatic N) is 3. The molecule has 3 nitrogen and oxygen atoms in total. The van der Waals surface area contributed by atoms with Crippen molar-refractivity contribution in [2.24, 2.45) is 0 Å². The second-order valence-electron chi connectivity index (χ2n) is 5.56. The molecule has 0 N–H and O–H groups in total. The van der Waals surface area contributed by atoms with Gasteiger partial charge in [0.1, 0.15) is 0 Å². The van der Waals surface area contributed by atoms with Crippen molar-refractivity contribution in [1.82, 2.24) is 14.8 Å². The number of likely N-dealkylation sites (N-methyl/N-ethyl adjacent to an activating group) is 1. The summed E-state index contributed by atoms with van der Waals surface area (Å²) in [7, 11) is 0. The molecule has 0 saturated carbocycles. The fourth-order valence-corrected chi connectivity index (χ4v) is 2.92. The van der Waals surface area contributed by atoms with E-state index in [0.29, 0.717) is 0 Å². The molecule has 106 valence electrons. The van der Waals surface area contributed by atoms with Gasteiger partial charge >= 0.3 is 0 Å². The molecule has 2 aromatic rings. The first-order valence-corrected chi connectivity index (χ1v) is 7.64. The second kappa shape index (κ2) is 6.33. The zero-order valence-electron chi connectivity index (χ0n) is 12.3. The molecule has 1 aliphatic heterocycles. The van der Waals surface area contributed by atoms with Gasteiger partial charge < -0.3 is 4.90 Å². The molecule has 1 aromatic carbocycles. The van der Waals surface area contributed by atoms with E-state index in [1.807, 2.05) is 0 Å². The number of rotatable bonds is 3. The van der Waals surface area contributed by atoms with Crippen LogP contribution in [0.3, 0.4) is 0 Å². The summed E-state index contributed by atoms with van der Waals surface area (Å²) in [5, 5.41) is 1.23. The van der Waals surface area contributed by atoms with Crippen LogP contribution in [0.4, 0.5) is 0 Å². The predicted octanol–water partition coefficient (Wildman–Crippen LogP) is 2.76. The van der Waals surface area contributed by atoms with E-state index in [1.54, 1.807) is 0 Å². The van der Waals surface area contributed by atoms with Crippen LogP contribution in [0.5, 0.6) is 0 Å². The molecule has 1 fully saturated rings. The molecular weight excluding hydrogens is 246 g/mol. The lowest BCUT2D eigenvalue weighted by Crippen LogP contribution is -2.30. The molecule has 0 atom stereocenters. The number of benzene rings is 1. The molecule has 0 spiro atoms. The van der Waals surface area contributed by atoms with Gasteiger partial charge in [-0.1, -0.05) is 31.2 Å². The normalized spacial score (nSPS) is 18.2. The number of para-hydroxylation sites is 1. The standard InChI is InChI=1S/C17H23N3/c1-2-19-10-5-11-20(13-12-19)14-16-9-8-15-6-3-4-7-17(15)18-16/h3-4,6-9H,2,5,10-14H2,1H3. The maximum Gasteiger partial charge on any atom is 0.0705 e. The third kappa shape index (κ3) is 3.17. The summed E-state index contributed by atoms with van der Waals surface area (Å²) in [5.74, 6) is 0. The van der Waals surface area contributed by atoms with Crippen molar-refractivity contribution in [3.05, 3.63) is 42.1 Å². The molecule has 0 bridgehead atoms. The molecule has 20 heavy (non-hydrogen) atoms. The van der Waals surface area contributed by atoms with Crippen molar-refractivity contribution < 1.29 is 0 Å². The average Bonchev–Trinajstić information content (AvgIpc) is 2.72. The topological polar surface area (TPSA) is 19.4 Å². The van der Waals surface area contributed by atoms with E-state index in [9.17, 15) is 0 Å². The minimum Gasteiger partial charge on any atom is -0.302 e. The van der Waals surface area contributed by atoms with Crippen LogP contribution in [0.1, 0.15) is 19.0 Å². The van der Waals surface area contributed by atoms with Crippen LogP contribution in [-0.2, 0) is 6.54 Å². The summed E-state index contributed by atoms with van der Waals surface area (Å²) in [4.78, 5) is 9.85. The van der Waals surface area contributed by atoms with Crippen LogP contribution in [0.25, 0.3) is 10.9 Å². The Morgan fingerprint density at radius 1 is 0.950 bits per heavy atom. The third-order valence-corrected chi connectivity index (χ3v) is 4.17. The fraction of sp³-hybridized carbons (Fsp3) is 0.471. The highest BCUT2D eigenvalue weighted by molar-refractivity contribution is 5.78. The zero-order chi connectivity index (χ0) is 13.8. The summed E-state index contributed by atoms with van der Waals surface area (Å²) in [6.07, 6.45) is 1.27. The van der Waals surface area contributed by atoms with Gasteiger partial charge in [0.25, 0.3) is 0 Å². The molecule has 0 amide bonds. The van der Waals surface area contributed by atoms with Gasteiger partial charge in [0.15, 0.2) is 0 Å². The van der Waals surface area contributed by atoms with Crippen molar-refractivity contribution in [2.75, 3.05) is 32.7 Å². The summed E-state index contributed by atoms with van der Waals surface area (Å²) < 4.78 is 0. The zero-order valence-corrected chi connectivity index (χ0v) is 12.3. The Morgan fingerprint density at radius 2 is 1.75 bits per heavy atom. The highest BCUT2D eigenvalue weighted by atomic mass is 15.2. The molecule has 1 aliphatic rings. The lowest BCUT2D eigenvalue weighted by atomic mass is 10.2. The highest BCUT2D eigenvalue weighted by Crippen LogP contribution is 2.14. The molecule has 2 heterocycles. The van der Waals surface area contributed by atoms with E-state index in [1.165, 1.54) is 43.7 Å². The molecule has 0 radical (unpaired) electrons. The van der Waals surface area contributed by atoms with Gasteiger partial charge in [-0.3, -0.25) is 9.88 Å². The van der Waals surface area contributed by atoms with Crippen LogP contribution in [0.15, 0.2) is 36.4 Å². The van der Waals surface area contributed by atoms with Crippen molar-refractivity contribution in [2.45, 2.75) is 19.9 Å². The monoisotopic (exact) mass is 269 g/mol. The first kappa shape index (κ1) is 13.5. The Labute approximate surface area is 121 Å². The van der Waals surface area contributed by atoms with E-state index in [2.05, 4.69) is 53.1 Å². The number of aromatic nitrogens is 1. The Morgan fingerprint density at radius 3 is 2.65 bits per heavy atom. The van der Waals surface area contributed by atoms with Gasteiger partial charge in [-0.05, 0) is 38.2 Å². The van der Waals surface area contributed by atoms with Gasteiger partial charge in [0.2, 0.25) is 0 Å². The molecule has 3 heteroatoms. The number of hydrogen-bond donors (Lipinski definition) is 0. The predicted molar refractivity (Wildman–Crippen MR) is 83.8 cm³/mol. The lowest BCUT2D eigenvalue weighted by Gasteiger charge is -2.20. The van der Waals surface area contributed by atoms with Gasteiger partial charge in [-0.15, -0.1) is 0 Å². The summed E-state index contributed by atoms with van der Waals surface area (Å²) >= 11 is 0. The Kier molecular flexibility index (Phi) is 4.28. The molecule has 0 aliphatic carbocycles. The smallest absolute Gasteiger partial charge is 0.0705 e. The second-order valence-corrected chi connectivity index (χ2v) is 5.56. The molecule has 1 saturated heterocycles. The number of pyridine rings is 1. The van der Waals surface area contributed by atoms with Gasteiger partial charge in [-0.25, -0.2) is 0 Å². The summed E-state index contributed by atoms with van der Waals surface area (Å²) in [6.45, 7) is 9.15. The maximum absolute atomic E-state index is 4.78. The summed E-state index contributed by atoms with van der Waals surface area (Å²) in [5.41, 5.74) is 2.30. The van der Waals surface area contributed by atoms with Crippen LogP contribution < -0.4 is 0 Å². The van der Waals surface area contributed by atoms with Crippen molar-refractivity contribution >= 4 is 10.9 Å². The van der Waals surface area contributed by atoms with Gasteiger partial charge in [0, 0.05) is 25.0 Å². The molecule has 3 rings (SSSR count). The Bertz CT molecular complexity index is 567. The van der Waals surface area contributed by atoms with Crippen LogP contribution >= 0.6 is 0 Å². The van der Waals surface area contributed by atoms with Gasteiger partial charge in [-0.2, -0.15) is 0 Å². The van der Waals surface area contributed by atoms with E-state index >= 15 is 0 Å². The average molecular weight is 269 g/mol. The number of hydrogen-bond acceptors (Lipinski definition) is 3. The Hall–Kier alpha value is -1.45. The van der Waals surface area contributed by atoms with Crippen LogP contribution in [0, 0.1) is 0 Å². The number of fused-ring (bicyclic) bond motifs is 1. The third-order valence-electron chi connectivity index (χ3n) is 4.17. The highest BCUT2D eigenvalue weighted by Gasteiger charge is 2.14. The largest absolute Gasteiger partial charge is 0.302 e. The van der Waals surface area contributed by atoms with E-state index in [-0.39, 0.29) is 0 Å². The summed E-state index contributed by atoms with van der Waals surface area (Å²) in [6, 6.07) is 12.7. The quantitative estimate of drug-likeness (QED) is 0.854. The maximum atomic E-state index is 4.78. The van der Waals surface area contributed by atoms with Crippen molar-refractivity contribution in [3.8, 4) is 0 Å². The van der Waals surface area contributed by atoms with Crippen molar-refractivity contribution in [1.29, 1.82) is 0 Å². The van der Waals surface area contributed by atoms with Crippen LogP contribution in [0.2, 0.25) is 0 Å². The van der Waals surface area contributed by atoms with E-state index in [4.69, 9.17) is 4.98 Å². The van der Waals surface area contributed by atoms with E-state index in [0.717, 1.165) is 18.6 Å². The molecule has 1 aromatic heterocycles. The van der Waals surface area contributed by atoms with Crippen LogP contribution in [-0.4, -0.2) is 47.5 Å². The van der Waals surface area contributed by atoms with E-state index < -0.39 is 0 Å². The lowest BCUT2D eigenvalue weighted by molar-refractivity contribution is 0.255. The van der Waals surface area contributed by atoms with Crippen molar-refractivity contribution in [3.63, 3.8) is 0 Å². The fourth-order valence-electron chi connectivity index (χ4n) is 2.92. The molecule has 0 unspecified atom stereocenters. The first-order chi connectivity index (χ1) is 9.85. The first-order valence-electron chi connectivity index (χ1n) is 7.64.